The highest BCUT2D eigenvalue weighted by atomic mass is 16.5. The molecule has 76 valence electrons. The van der Waals surface area contributed by atoms with E-state index in [-0.39, 0.29) is 0 Å². The number of amides is 1. The van der Waals surface area contributed by atoms with Crippen LogP contribution >= 0.6 is 0 Å². The van der Waals surface area contributed by atoms with Crippen LogP contribution in [0.5, 0.6) is 0 Å². The third-order valence-corrected chi connectivity index (χ3v) is 1.72. The standard InChI is InChI=1S/C10H19NO2/c1-8(2)5-4-6-9(3)7-13-10(11)12/h5,9H,4,6-7H2,1-3H3,(H2,11,12)/t9-/m1/s1. The van der Waals surface area contributed by atoms with Crippen molar-refractivity contribution in [1.29, 1.82) is 0 Å². The van der Waals surface area contributed by atoms with Crippen molar-refractivity contribution in [3.63, 3.8) is 0 Å². The molecule has 0 unspecified atom stereocenters. The van der Waals surface area contributed by atoms with Crippen molar-refractivity contribution in [2.75, 3.05) is 6.61 Å². The molecular formula is C10H19NO2. The van der Waals surface area contributed by atoms with Crippen molar-refractivity contribution < 1.29 is 9.53 Å². The summed E-state index contributed by atoms with van der Waals surface area (Å²) in [5.41, 5.74) is 6.17. The van der Waals surface area contributed by atoms with E-state index in [0.717, 1.165) is 12.8 Å². The molecule has 0 rings (SSSR count). The smallest absolute Gasteiger partial charge is 0.404 e. The van der Waals surface area contributed by atoms with Crippen LogP contribution in [0, 0.1) is 5.92 Å². The summed E-state index contributed by atoms with van der Waals surface area (Å²) in [6, 6.07) is 0. The maximum Gasteiger partial charge on any atom is 0.404 e. The van der Waals surface area contributed by atoms with Gasteiger partial charge < -0.3 is 10.5 Å². The topological polar surface area (TPSA) is 52.3 Å². The molecule has 0 saturated carbocycles. The number of allylic oxidation sites excluding steroid dienone is 2. The minimum absolute atomic E-state index is 0.378. The maximum atomic E-state index is 10.3. The van der Waals surface area contributed by atoms with Crippen molar-refractivity contribution in [1.82, 2.24) is 0 Å². The first-order chi connectivity index (χ1) is 6.02. The summed E-state index contributed by atoms with van der Waals surface area (Å²) >= 11 is 0. The first kappa shape index (κ1) is 12.0. The minimum atomic E-state index is -0.686. The van der Waals surface area contributed by atoms with Gasteiger partial charge in [0.2, 0.25) is 0 Å². The van der Waals surface area contributed by atoms with E-state index >= 15 is 0 Å². The molecule has 0 aromatic carbocycles. The largest absolute Gasteiger partial charge is 0.449 e. The van der Waals surface area contributed by atoms with Crippen molar-refractivity contribution in [2.45, 2.75) is 33.6 Å². The molecule has 1 atom stereocenters. The normalized spacial score (nSPS) is 11.9. The van der Waals surface area contributed by atoms with Crippen LogP contribution in [0.2, 0.25) is 0 Å². The van der Waals surface area contributed by atoms with Gasteiger partial charge in [0.1, 0.15) is 0 Å². The van der Waals surface area contributed by atoms with E-state index in [0.29, 0.717) is 12.5 Å². The molecule has 1 amide bonds. The van der Waals surface area contributed by atoms with Crippen LogP contribution in [-0.2, 0) is 4.74 Å². The second kappa shape index (κ2) is 6.52. The second-order valence-electron chi connectivity index (χ2n) is 3.59. The van der Waals surface area contributed by atoms with Crippen molar-refractivity contribution in [3.8, 4) is 0 Å². The average Bonchev–Trinajstić information content (AvgIpc) is 2.00. The molecule has 13 heavy (non-hydrogen) atoms. The van der Waals surface area contributed by atoms with Gasteiger partial charge in [-0.3, -0.25) is 0 Å². The van der Waals surface area contributed by atoms with Gasteiger partial charge in [-0.25, -0.2) is 4.79 Å². The van der Waals surface area contributed by atoms with Gasteiger partial charge in [-0.15, -0.1) is 0 Å². The van der Waals surface area contributed by atoms with Gasteiger partial charge in [-0.05, 0) is 32.6 Å². The SMILES string of the molecule is CC(C)=CCC[C@@H](C)COC(N)=O. The van der Waals surface area contributed by atoms with E-state index in [4.69, 9.17) is 5.73 Å². The Kier molecular flexibility index (Phi) is 6.02. The fraction of sp³-hybridized carbons (Fsp3) is 0.700. The Labute approximate surface area is 79.9 Å². The Morgan fingerprint density at radius 3 is 2.62 bits per heavy atom. The second-order valence-corrected chi connectivity index (χ2v) is 3.59. The lowest BCUT2D eigenvalue weighted by atomic mass is 10.1. The van der Waals surface area contributed by atoms with E-state index in [2.05, 4.69) is 24.7 Å². The zero-order chi connectivity index (χ0) is 10.3. The molecule has 0 aliphatic heterocycles. The lowest BCUT2D eigenvalue weighted by Gasteiger charge is -2.08. The van der Waals surface area contributed by atoms with Gasteiger partial charge >= 0.3 is 6.09 Å². The third kappa shape index (κ3) is 8.92. The maximum absolute atomic E-state index is 10.3. The number of nitrogens with two attached hydrogens (primary N) is 1. The predicted molar refractivity (Wildman–Crippen MR) is 53.4 cm³/mol. The van der Waals surface area contributed by atoms with Crippen LogP contribution < -0.4 is 5.73 Å². The zero-order valence-electron chi connectivity index (χ0n) is 8.67. The number of hydrogen-bond donors (Lipinski definition) is 1. The highest BCUT2D eigenvalue weighted by molar-refractivity contribution is 5.64. The van der Waals surface area contributed by atoms with Crippen LogP contribution in [0.4, 0.5) is 4.79 Å². The van der Waals surface area contributed by atoms with Crippen molar-refractivity contribution in [3.05, 3.63) is 11.6 Å². The lowest BCUT2D eigenvalue weighted by Crippen LogP contribution is -2.17. The van der Waals surface area contributed by atoms with Crippen molar-refractivity contribution >= 4 is 6.09 Å². The summed E-state index contributed by atoms with van der Waals surface area (Å²) < 4.78 is 4.68. The van der Waals surface area contributed by atoms with Crippen LogP contribution in [-0.4, -0.2) is 12.7 Å². The summed E-state index contributed by atoms with van der Waals surface area (Å²) in [6.45, 7) is 6.61. The average molecular weight is 185 g/mol. The predicted octanol–water partition coefficient (Wildman–Crippen LogP) is 2.46. The Hall–Kier alpha value is -0.990. The van der Waals surface area contributed by atoms with E-state index in [9.17, 15) is 4.79 Å². The summed E-state index contributed by atoms with van der Waals surface area (Å²) in [4.78, 5) is 10.3. The highest BCUT2D eigenvalue weighted by Gasteiger charge is 2.02. The number of hydrogen-bond acceptors (Lipinski definition) is 2. The van der Waals surface area contributed by atoms with E-state index in [1.165, 1.54) is 5.57 Å². The summed E-state index contributed by atoms with van der Waals surface area (Å²) in [7, 11) is 0. The monoisotopic (exact) mass is 185 g/mol. The number of carbonyl (C=O) groups is 1. The molecule has 0 aromatic heterocycles. The highest BCUT2D eigenvalue weighted by Crippen LogP contribution is 2.07. The van der Waals surface area contributed by atoms with Gasteiger partial charge in [0.25, 0.3) is 0 Å². The molecule has 2 N–H and O–H groups in total. The molecule has 3 nitrogen and oxygen atoms in total. The van der Waals surface area contributed by atoms with Gasteiger partial charge in [0.05, 0.1) is 6.61 Å². The lowest BCUT2D eigenvalue weighted by molar-refractivity contribution is 0.138. The molecule has 0 bridgehead atoms. The fourth-order valence-electron chi connectivity index (χ4n) is 0.964. The number of ether oxygens (including phenoxy) is 1. The van der Waals surface area contributed by atoms with Crippen LogP contribution in [0.3, 0.4) is 0 Å². The Bertz CT molecular complexity index is 183. The Morgan fingerprint density at radius 1 is 1.54 bits per heavy atom. The first-order valence-corrected chi connectivity index (χ1v) is 4.58. The number of primary amides is 1. The molecule has 0 aliphatic rings. The Balaban J connectivity index is 3.46. The molecule has 0 saturated heterocycles. The van der Waals surface area contributed by atoms with Gasteiger partial charge in [-0.1, -0.05) is 18.6 Å². The van der Waals surface area contributed by atoms with E-state index < -0.39 is 6.09 Å². The third-order valence-electron chi connectivity index (χ3n) is 1.72. The van der Waals surface area contributed by atoms with E-state index in [1.807, 2.05) is 6.92 Å². The molecule has 3 heteroatoms. The summed E-state index contributed by atoms with van der Waals surface area (Å²) in [5, 5.41) is 0. The quantitative estimate of drug-likeness (QED) is 0.669. The van der Waals surface area contributed by atoms with E-state index in [1.54, 1.807) is 0 Å². The number of rotatable bonds is 5. The number of carbonyl (C=O) groups excluding carboxylic acids is 1. The molecule has 0 heterocycles. The molecule has 0 aliphatic carbocycles. The molecular weight excluding hydrogens is 166 g/mol. The van der Waals surface area contributed by atoms with Crippen LogP contribution in [0.15, 0.2) is 11.6 Å². The van der Waals surface area contributed by atoms with Gasteiger partial charge in [-0.2, -0.15) is 0 Å². The Morgan fingerprint density at radius 2 is 2.15 bits per heavy atom. The molecule has 0 spiro atoms. The summed E-state index contributed by atoms with van der Waals surface area (Å²) in [5.74, 6) is 0.378. The van der Waals surface area contributed by atoms with Crippen LogP contribution in [0.25, 0.3) is 0 Å². The zero-order valence-corrected chi connectivity index (χ0v) is 8.67. The minimum Gasteiger partial charge on any atom is -0.449 e. The molecule has 0 fully saturated rings. The molecule has 0 radical (unpaired) electrons. The van der Waals surface area contributed by atoms with Crippen LogP contribution in [0.1, 0.15) is 33.6 Å². The van der Waals surface area contributed by atoms with Crippen molar-refractivity contribution in [2.24, 2.45) is 11.7 Å². The first-order valence-electron chi connectivity index (χ1n) is 4.58. The summed E-state index contributed by atoms with van der Waals surface area (Å²) in [6.07, 6.45) is 3.55. The fourth-order valence-corrected chi connectivity index (χ4v) is 0.964. The van der Waals surface area contributed by atoms with Gasteiger partial charge in [0, 0.05) is 0 Å². The molecule has 0 aromatic rings. The van der Waals surface area contributed by atoms with Gasteiger partial charge in [0.15, 0.2) is 0 Å².